The third kappa shape index (κ3) is 1.55. The Morgan fingerprint density at radius 1 is 1.35 bits per heavy atom. The minimum Gasteiger partial charge on any atom is -0.407 e. The van der Waals surface area contributed by atoms with E-state index >= 15 is 0 Å². The van der Waals surface area contributed by atoms with Crippen molar-refractivity contribution in [3.8, 4) is 5.75 Å². The van der Waals surface area contributed by atoms with Crippen molar-refractivity contribution in [3.63, 3.8) is 0 Å². The monoisotopic (exact) mass is 256 g/mol. The third-order valence-corrected chi connectivity index (χ3v) is 5.54. The molecule has 1 aliphatic rings. The van der Waals surface area contributed by atoms with Crippen LogP contribution in [0.3, 0.4) is 0 Å². The number of fused-ring (bicyclic) bond motifs is 1. The molecule has 1 atom stereocenters. The molecule has 1 aliphatic heterocycles. The van der Waals surface area contributed by atoms with Gasteiger partial charge in [-0.1, -0.05) is 18.2 Å². The number of nitrogens with one attached hydrogen (secondary N) is 1. The van der Waals surface area contributed by atoms with Crippen LogP contribution in [0.2, 0.25) is 0 Å². The molecule has 0 radical (unpaired) electrons. The summed E-state index contributed by atoms with van der Waals surface area (Å²) in [5, 5.41) is 5.31. The van der Waals surface area contributed by atoms with Crippen molar-refractivity contribution in [2.75, 3.05) is 0 Å². The van der Waals surface area contributed by atoms with Crippen LogP contribution in [-0.4, -0.2) is 13.2 Å². The molecule has 1 unspecified atom stereocenters. The molecule has 5 nitrogen and oxygen atoms in total. The van der Waals surface area contributed by atoms with Gasteiger partial charge < -0.3 is 4.84 Å². The van der Waals surface area contributed by atoms with Crippen molar-refractivity contribution in [2.24, 2.45) is 5.14 Å². The number of benzene rings is 1. The second kappa shape index (κ2) is 3.44. The topological polar surface area (TPSA) is 81.4 Å². The Morgan fingerprint density at radius 2 is 1.94 bits per heavy atom. The molecule has 0 bridgehead atoms. The van der Waals surface area contributed by atoms with Gasteiger partial charge in [0.1, 0.15) is 4.75 Å². The lowest BCUT2D eigenvalue weighted by Gasteiger charge is -2.38. The van der Waals surface area contributed by atoms with Gasteiger partial charge >= 0.3 is 0 Å². The lowest BCUT2D eigenvalue weighted by Crippen LogP contribution is -2.59. The zero-order valence-corrected chi connectivity index (χ0v) is 10.8. The summed E-state index contributed by atoms with van der Waals surface area (Å²) < 4.78 is 22.3. The molecule has 17 heavy (non-hydrogen) atoms. The van der Waals surface area contributed by atoms with Gasteiger partial charge in [-0.15, -0.1) is 5.48 Å². The van der Waals surface area contributed by atoms with Gasteiger partial charge in [-0.2, -0.15) is 0 Å². The highest BCUT2D eigenvalue weighted by atomic mass is 32.2. The fourth-order valence-electron chi connectivity index (χ4n) is 1.91. The normalized spacial score (nSPS) is 24.2. The molecule has 2 rings (SSSR count). The Labute approximate surface area is 101 Å². The second-order valence-corrected chi connectivity index (χ2v) is 6.99. The summed E-state index contributed by atoms with van der Waals surface area (Å²) in [7, 11) is -3.73. The van der Waals surface area contributed by atoms with Crippen molar-refractivity contribution < 1.29 is 13.3 Å². The Kier molecular flexibility index (Phi) is 2.50. The lowest BCUT2D eigenvalue weighted by molar-refractivity contribution is 0.115. The van der Waals surface area contributed by atoms with E-state index in [1.807, 2.05) is 18.2 Å². The minimum absolute atomic E-state index is 0.631. The highest BCUT2D eigenvalue weighted by Crippen LogP contribution is 2.44. The second-order valence-electron chi connectivity index (χ2n) is 4.88. The van der Waals surface area contributed by atoms with Crippen LogP contribution in [0.5, 0.6) is 5.75 Å². The molecule has 0 spiro atoms. The average Bonchev–Trinajstić information content (AvgIpc) is 2.57. The molecule has 1 heterocycles. The molecule has 6 heteroatoms. The van der Waals surface area contributed by atoms with E-state index < -0.39 is 20.3 Å². The number of para-hydroxylation sites is 1. The number of primary sulfonamides is 1. The predicted molar refractivity (Wildman–Crippen MR) is 64.7 cm³/mol. The highest BCUT2D eigenvalue weighted by molar-refractivity contribution is 7.90. The molecule has 3 N–H and O–H groups in total. The zero-order valence-electron chi connectivity index (χ0n) is 10.0. The maximum atomic E-state index is 11.7. The van der Waals surface area contributed by atoms with Crippen LogP contribution in [0.15, 0.2) is 24.3 Å². The molecule has 94 valence electrons. The summed E-state index contributed by atoms with van der Waals surface area (Å²) in [5.41, 5.74) is 2.70. The van der Waals surface area contributed by atoms with Crippen LogP contribution in [0, 0.1) is 0 Å². The van der Waals surface area contributed by atoms with Gasteiger partial charge in [0.25, 0.3) is 0 Å². The molecule has 0 aromatic heterocycles. The number of rotatable bonds is 2. The molecule has 0 aliphatic carbocycles. The van der Waals surface area contributed by atoms with E-state index in [1.165, 1.54) is 0 Å². The minimum atomic E-state index is -3.73. The van der Waals surface area contributed by atoms with Gasteiger partial charge in [-0.25, -0.2) is 13.6 Å². The smallest absolute Gasteiger partial charge is 0.216 e. The Bertz CT molecular complexity index is 554. The van der Waals surface area contributed by atoms with Crippen molar-refractivity contribution in [3.05, 3.63) is 29.8 Å². The van der Waals surface area contributed by atoms with Crippen LogP contribution in [0.4, 0.5) is 0 Å². The van der Waals surface area contributed by atoms with Crippen molar-refractivity contribution in [1.29, 1.82) is 0 Å². The van der Waals surface area contributed by atoms with Crippen molar-refractivity contribution >= 4 is 10.0 Å². The quantitative estimate of drug-likeness (QED) is 0.822. The number of sulfonamides is 1. The van der Waals surface area contributed by atoms with E-state index in [4.69, 9.17) is 9.98 Å². The SMILES string of the molecule is CC1(C(C)(C)S(N)(=O)=O)NOc2ccccc21. The Morgan fingerprint density at radius 3 is 2.53 bits per heavy atom. The van der Waals surface area contributed by atoms with Gasteiger partial charge in [0, 0.05) is 5.56 Å². The van der Waals surface area contributed by atoms with Crippen LogP contribution in [-0.2, 0) is 15.6 Å². The third-order valence-electron chi connectivity index (χ3n) is 3.71. The molecule has 0 saturated heterocycles. The molecule has 0 saturated carbocycles. The van der Waals surface area contributed by atoms with Crippen molar-refractivity contribution in [2.45, 2.75) is 31.1 Å². The number of hydrogen-bond acceptors (Lipinski definition) is 4. The standard InChI is InChI=1S/C11H16N2O3S/c1-10(2,17(12,14)15)11(3)8-6-4-5-7-9(8)16-13-11/h4-7,13H,1-3H3,(H2,12,14,15). The lowest BCUT2D eigenvalue weighted by atomic mass is 9.82. The number of hydroxylamine groups is 1. The van der Waals surface area contributed by atoms with E-state index in [-0.39, 0.29) is 0 Å². The van der Waals surface area contributed by atoms with Gasteiger partial charge in [0.15, 0.2) is 5.75 Å². The fourth-order valence-corrected chi connectivity index (χ4v) is 2.63. The van der Waals surface area contributed by atoms with Gasteiger partial charge in [0.05, 0.1) is 5.54 Å². The molecular weight excluding hydrogens is 240 g/mol. The van der Waals surface area contributed by atoms with E-state index in [2.05, 4.69) is 5.48 Å². The van der Waals surface area contributed by atoms with E-state index in [0.29, 0.717) is 5.75 Å². The molecule has 1 aromatic rings. The average molecular weight is 256 g/mol. The van der Waals surface area contributed by atoms with Crippen LogP contribution in [0.25, 0.3) is 0 Å². The van der Waals surface area contributed by atoms with E-state index in [0.717, 1.165) is 5.56 Å². The summed E-state index contributed by atoms with van der Waals surface area (Å²) in [6, 6.07) is 7.29. The van der Waals surface area contributed by atoms with Crippen molar-refractivity contribution in [1.82, 2.24) is 5.48 Å². The van der Waals surface area contributed by atoms with Gasteiger partial charge in [-0.3, -0.25) is 0 Å². The molecule has 1 aromatic carbocycles. The molecular formula is C11H16N2O3S. The molecule has 0 fully saturated rings. The fraction of sp³-hybridized carbons (Fsp3) is 0.455. The first-order valence-electron chi connectivity index (χ1n) is 5.26. The largest absolute Gasteiger partial charge is 0.407 e. The van der Waals surface area contributed by atoms with Gasteiger partial charge in [-0.05, 0) is 26.8 Å². The summed E-state index contributed by atoms with van der Waals surface area (Å²) in [5.74, 6) is 0.631. The number of hydrogen-bond donors (Lipinski definition) is 2. The zero-order chi connectivity index (χ0) is 12.9. The highest BCUT2D eigenvalue weighted by Gasteiger charge is 2.54. The summed E-state index contributed by atoms with van der Waals surface area (Å²) in [6.45, 7) is 4.94. The number of nitrogens with two attached hydrogens (primary N) is 1. The van der Waals surface area contributed by atoms with E-state index in [9.17, 15) is 8.42 Å². The van der Waals surface area contributed by atoms with E-state index in [1.54, 1.807) is 26.8 Å². The first-order chi connectivity index (χ1) is 7.70. The maximum Gasteiger partial charge on any atom is 0.216 e. The summed E-state index contributed by atoms with van der Waals surface area (Å²) in [4.78, 5) is 5.33. The van der Waals surface area contributed by atoms with Crippen LogP contribution in [0.1, 0.15) is 26.3 Å². The Balaban J connectivity index is 2.62. The van der Waals surface area contributed by atoms with Crippen LogP contribution < -0.4 is 15.5 Å². The maximum absolute atomic E-state index is 11.7. The Hall–Kier alpha value is -1.11. The predicted octanol–water partition coefficient (Wildman–Crippen LogP) is 0.866. The summed E-state index contributed by atoms with van der Waals surface area (Å²) in [6.07, 6.45) is 0. The first-order valence-corrected chi connectivity index (χ1v) is 6.81. The summed E-state index contributed by atoms with van der Waals surface area (Å²) >= 11 is 0. The van der Waals surface area contributed by atoms with Gasteiger partial charge in [0.2, 0.25) is 10.0 Å². The molecule has 0 amide bonds. The first kappa shape index (κ1) is 12.3. The van der Waals surface area contributed by atoms with Crippen LogP contribution >= 0.6 is 0 Å².